The van der Waals surface area contributed by atoms with Gasteiger partial charge in [-0.2, -0.15) is 0 Å². The zero-order chi connectivity index (χ0) is 13.2. The Balaban J connectivity index is 2.26. The third-order valence-electron chi connectivity index (χ3n) is 3.11. The van der Waals surface area contributed by atoms with Crippen molar-refractivity contribution in [1.82, 2.24) is 0 Å². The van der Waals surface area contributed by atoms with Gasteiger partial charge in [0.2, 0.25) is 0 Å². The van der Waals surface area contributed by atoms with Gasteiger partial charge in [0.15, 0.2) is 9.84 Å². The summed E-state index contributed by atoms with van der Waals surface area (Å²) in [5.41, 5.74) is 1.61. The van der Waals surface area contributed by atoms with Gasteiger partial charge >= 0.3 is 0 Å². The highest BCUT2D eigenvalue weighted by molar-refractivity contribution is 7.91. The minimum Gasteiger partial charge on any atom is -0.392 e. The molecule has 1 aliphatic rings. The highest BCUT2D eigenvalue weighted by Crippen LogP contribution is 2.25. The Bertz CT molecular complexity index is 530. The smallest absolute Gasteiger partial charge is 0.152 e. The first-order valence-corrected chi connectivity index (χ1v) is 8.06. The van der Waals surface area contributed by atoms with Crippen molar-refractivity contribution in [2.75, 3.05) is 29.5 Å². The predicted octanol–water partition coefficient (Wildman–Crippen LogP) is 1.46. The molecule has 6 heteroatoms. The van der Waals surface area contributed by atoms with Crippen LogP contribution in [-0.2, 0) is 16.4 Å². The first kappa shape index (κ1) is 13.6. The summed E-state index contributed by atoms with van der Waals surface area (Å²) >= 11 is 5.89. The van der Waals surface area contributed by atoms with Crippen molar-refractivity contribution in [3.05, 3.63) is 28.8 Å². The number of rotatable bonds is 2. The van der Waals surface area contributed by atoms with Gasteiger partial charge in [-0.3, -0.25) is 0 Å². The van der Waals surface area contributed by atoms with Crippen molar-refractivity contribution >= 4 is 27.1 Å². The average molecular weight is 290 g/mol. The Labute approximate surface area is 112 Å². The van der Waals surface area contributed by atoms with E-state index in [0.717, 1.165) is 11.3 Å². The first-order chi connectivity index (χ1) is 8.52. The number of aliphatic hydroxyl groups excluding tert-OH is 1. The summed E-state index contributed by atoms with van der Waals surface area (Å²) in [6.07, 6.45) is 0.621. The van der Waals surface area contributed by atoms with Gasteiger partial charge in [0.25, 0.3) is 0 Å². The molecule has 0 spiro atoms. The largest absolute Gasteiger partial charge is 0.392 e. The van der Waals surface area contributed by atoms with Crippen molar-refractivity contribution in [1.29, 1.82) is 0 Å². The van der Waals surface area contributed by atoms with Gasteiger partial charge in [-0.05, 0) is 24.6 Å². The van der Waals surface area contributed by atoms with E-state index >= 15 is 0 Å². The number of hydrogen-bond acceptors (Lipinski definition) is 4. The maximum Gasteiger partial charge on any atom is 0.152 e. The van der Waals surface area contributed by atoms with E-state index < -0.39 is 9.84 Å². The van der Waals surface area contributed by atoms with Crippen molar-refractivity contribution in [2.24, 2.45) is 0 Å². The summed E-state index contributed by atoms with van der Waals surface area (Å²) in [6.45, 7) is 1.06. The number of hydrogen-bond donors (Lipinski definition) is 1. The van der Waals surface area contributed by atoms with Crippen LogP contribution in [0.15, 0.2) is 18.2 Å². The van der Waals surface area contributed by atoms with Crippen LogP contribution < -0.4 is 4.90 Å². The van der Waals surface area contributed by atoms with Crippen LogP contribution in [0, 0.1) is 0 Å². The second-order valence-corrected chi connectivity index (χ2v) is 7.16. The monoisotopic (exact) mass is 289 g/mol. The van der Waals surface area contributed by atoms with Gasteiger partial charge in [-0.25, -0.2) is 8.42 Å². The fourth-order valence-corrected chi connectivity index (χ4v) is 3.63. The van der Waals surface area contributed by atoms with Crippen LogP contribution in [0.1, 0.15) is 12.0 Å². The van der Waals surface area contributed by atoms with E-state index in [4.69, 9.17) is 11.6 Å². The summed E-state index contributed by atoms with van der Waals surface area (Å²) in [4.78, 5) is 2.01. The number of benzene rings is 1. The molecule has 1 aromatic carbocycles. The predicted molar refractivity (Wildman–Crippen MR) is 72.9 cm³/mol. The van der Waals surface area contributed by atoms with Crippen molar-refractivity contribution in [3.63, 3.8) is 0 Å². The topological polar surface area (TPSA) is 57.6 Å². The van der Waals surface area contributed by atoms with Gasteiger partial charge in [0.05, 0.1) is 18.1 Å². The van der Waals surface area contributed by atoms with E-state index in [1.807, 2.05) is 11.0 Å². The second-order valence-electron chi connectivity index (χ2n) is 4.42. The Hall–Kier alpha value is -0.780. The van der Waals surface area contributed by atoms with Gasteiger partial charge < -0.3 is 10.0 Å². The van der Waals surface area contributed by atoms with Crippen molar-refractivity contribution < 1.29 is 13.5 Å². The lowest BCUT2D eigenvalue weighted by Gasteiger charge is -2.24. The molecule has 1 saturated heterocycles. The lowest BCUT2D eigenvalue weighted by molar-refractivity contribution is 0.282. The molecule has 2 rings (SSSR count). The molecule has 0 radical (unpaired) electrons. The zero-order valence-corrected chi connectivity index (χ0v) is 11.5. The SMILES string of the molecule is O=S1(=O)CCCN(c2ccc(Cl)cc2CO)CC1. The van der Waals surface area contributed by atoms with E-state index in [-0.39, 0.29) is 18.1 Å². The van der Waals surface area contributed by atoms with Crippen LogP contribution in [0.25, 0.3) is 0 Å². The summed E-state index contributed by atoms with van der Waals surface area (Å²) in [5.74, 6) is 0.409. The van der Waals surface area contributed by atoms with Crippen LogP contribution in [0.3, 0.4) is 0 Å². The molecule has 100 valence electrons. The fraction of sp³-hybridized carbons (Fsp3) is 0.500. The van der Waals surface area contributed by atoms with Gasteiger partial charge in [-0.1, -0.05) is 11.6 Å². The Morgan fingerprint density at radius 1 is 1.28 bits per heavy atom. The van der Waals surface area contributed by atoms with Gasteiger partial charge in [0, 0.05) is 29.4 Å². The maximum atomic E-state index is 11.6. The highest BCUT2D eigenvalue weighted by Gasteiger charge is 2.20. The molecule has 0 aromatic heterocycles. The standard InChI is InChI=1S/C12H16ClNO3S/c13-11-2-3-12(10(8-11)9-15)14-4-1-6-18(16,17)7-5-14/h2-3,8,15H,1,4-7,9H2. The number of aliphatic hydroxyl groups is 1. The number of nitrogens with zero attached hydrogens (tertiary/aromatic N) is 1. The molecule has 1 fully saturated rings. The van der Waals surface area contributed by atoms with E-state index in [0.29, 0.717) is 24.5 Å². The Kier molecular flexibility index (Phi) is 4.14. The molecule has 1 heterocycles. The molecule has 0 aliphatic carbocycles. The molecule has 18 heavy (non-hydrogen) atoms. The zero-order valence-electron chi connectivity index (χ0n) is 9.97. The van der Waals surface area contributed by atoms with Crippen LogP contribution in [0.4, 0.5) is 5.69 Å². The Morgan fingerprint density at radius 3 is 2.78 bits per heavy atom. The molecule has 0 saturated carbocycles. The van der Waals surface area contributed by atoms with Crippen LogP contribution in [-0.4, -0.2) is 38.1 Å². The van der Waals surface area contributed by atoms with E-state index in [1.165, 1.54) is 0 Å². The molecule has 0 atom stereocenters. The minimum absolute atomic E-state index is 0.0981. The molecule has 0 unspecified atom stereocenters. The van der Waals surface area contributed by atoms with Crippen LogP contribution in [0.5, 0.6) is 0 Å². The molecule has 1 aliphatic heterocycles. The number of halogens is 1. The molecular formula is C12H16ClNO3S. The first-order valence-electron chi connectivity index (χ1n) is 5.86. The minimum atomic E-state index is -2.92. The molecule has 4 nitrogen and oxygen atoms in total. The number of sulfone groups is 1. The van der Waals surface area contributed by atoms with Crippen molar-refractivity contribution in [2.45, 2.75) is 13.0 Å². The van der Waals surface area contributed by atoms with Crippen LogP contribution in [0.2, 0.25) is 5.02 Å². The maximum absolute atomic E-state index is 11.6. The van der Waals surface area contributed by atoms with Crippen LogP contribution >= 0.6 is 11.6 Å². The summed E-state index contributed by atoms with van der Waals surface area (Å²) < 4.78 is 23.1. The lowest BCUT2D eigenvalue weighted by atomic mass is 10.1. The third-order valence-corrected chi connectivity index (χ3v) is 5.06. The normalized spacial score (nSPS) is 19.6. The fourth-order valence-electron chi connectivity index (χ4n) is 2.17. The third kappa shape index (κ3) is 3.16. The second kappa shape index (κ2) is 5.47. The summed E-state index contributed by atoms with van der Waals surface area (Å²) in [6, 6.07) is 5.32. The summed E-state index contributed by atoms with van der Waals surface area (Å²) in [5, 5.41) is 9.92. The van der Waals surface area contributed by atoms with Gasteiger partial charge in [0.1, 0.15) is 0 Å². The van der Waals surface area contributed by atoms with Crippen molar-refractivity contribution in [3.8, 4) is 0 Å². The molecule has 0 bridgehead atoms. The van der Waals surface area contributed by atoms with Gasteiger partial charge in [-0.15, -0.1) is 0 Å². The van der Waals surface area contributed by atoms with E-state index in [9.17, 15) is 13.5 Å². The van der Waals surface area contributed by atoms with E-state index in [2.05, 4.69) is 0 Å². The molecule has 1 N–H and O–H groups in total. The average Bonchev–Trinajstić information content (AvgIpc) is 2.50. The van der Waals surface area contributed by atoms with E-state index in [1.54, 1.807) is 12.1 Å². The summed E-state index contributed by atoms with van der Waals surface area (Å²) in [7, 11) is -2.92. The molecule has 1 aromatic rings. The quantitative estimate of drug-likeness (QED) is 0.895. The Morgan fingerprint density at radius 2 is 2.06 bits per heavy atom. The molecular weight excluding hydrogens is 274 g/mol. The number of anilines is 1. The highest BCUT2D eigenvalue weighted by atomic mass is 35.5. The lowest BCUT2D eigenvalue weighted by Crippen LogP contribution is -2.27. The molecule has 0 amide bonds.